The molecular weight excluding hydrogens is 346 g/mol. The molecule has 1 heterocycles. The van der Waals surface area contributed by atoms with Crippen LogP contribution in [0.15, 0.2) is 0 Å². The second kappa shape index (κ2) is 11.1. The van der Waals surface area contributed by atoms with E-state index in [1.54, 1.807) is 0 Å². The van der Waals surface area contributed by atoms with E-state index < -0.39 is 35.8 Å². The highest BCUT2D eigenvalue weighted by Crippen LogP contribution is 2.23. The lowest BCUT2D eigenvalue weighted by atomic mass is 9.97. The summed E-state index contributed by atoms with van der Waals surface area (Å²) in [6.07, 6.45) is 0.307. The maximum Gasteiger partial charge on any atom is 0.220 e. The van der Waals surface area contributed by atoms with Crippen LogP contribution in [0, 0.1) is 5.92 Å². The Morgan fingerprint density at radius 3 is 2.36 bits per heavy atom. The van der Waals surface area contributed by atoms with Crippen molar-refractivity contribution in [1.29, 1.82) is 0 Å². The Kier molecular flexibility index (Phi) is 9.96. The zero-order chi connectivity index (χ0) is 19.0. The largest absolute Gasteiger partial charge is 0.388 e. The molecule has 1 aliphatic heterocycles. The number of aliphatic hydroxyl groups excluding tert-OH is 2. The molecule has 0 bridgehead atoms. The molecule has 7 nitrogen and oxygen atoms in total. The van der Waals surface area contributed by atoms with Crippen LogP contribution in [0.3, 0.4) is 0 Å². The molecule has 1 rings (SSSR count). The number of rotatable bonds is 10. The lowest BCUT2D eigenvalue weighted by Gasteiger charge is -2.41. The summed E-state index contributed by atoms with van der Waals surface area (Å²) in [5.74, 6) is 0.447. The van der Waals surface area contributed by atoms with Gasteiger partial charge in [-0.25, -0.2) is 0 Å². The number of ether oxygens (including phenoxy) is 2. The number of hydrogen-bond donors (Lipinski definition) is 4. The highest BCUT2D eigenvalue weighted by atomic mass is 32.1. The minimum absolute atomic E-state index is 0.249. The van der Waals surface area contributed by atoms with Gasteiger partial charge in [-0.1, -0.05) is 39.5 Å². The molecule has 0 aromatic rings. The average molecular weight is 378 g/mol. The number of amides is 1. The van der Waals surface area contributed by atoms with Gasteiger partial charge in [0, 0.05) is 13.5 Å². The topological polar surface area (TPSA) is 105 Å². The Morgan fingerprint density at radius 2 is 1.80 bits per heavy atom. The molecule has 0 aromatic heterocycles. The molecule has 3 N–H and O–H groups in total. The maximum absolute atomic E-state index is 12.1. The number of unbranched alkanes of at least 4 members (excludes halogenated alkanes) is 3. The van der Waals surface area contributed by atoms with Crippen molar-refractivity contribution in [3.8, 4) is 0 Å². The van der Waals surface area contributed by atoms with E-state index in [1.807, 2.05) is 0 Å². The summed E-state index contributed by atoms with van der Waals surface area (Å²) < 4.78 is 10.4. The maximum atomic E-state index is 12.1. The number of methoxy groups -OCH3 is 1. The van der Waals surface area contributed by atoms with Crippen molar-refractivity contribution in [3.05, 3.63) is 0 Å². The minimum Gasteiger partial charge on any atom is -0.388 e. The van der Waals surface area contributed by atoms with E-state index in [-0.39, 0.29) is 5.91 Å². The molecule has 0 saturated carbocycles. The van der Waals surface area contributed by atoms with E-state index in [0.717, 1.165) is 25.7 Å². The number of nitrogens with one attached hydrogen (secondary N) is 1. The average Bonchev–Trinajstić information content (AvgIpc) is 2.54. The quantitative estimate of drug-likeness (QED) is 0.335. The zero-order valence-corrected chi connectivity index (χ0v) is 16.1. The SMILES string of the molecule is COC1OC(C(=O)S)C(O)C(O)C1NC(=O)CCCCCCC(C)C. The minimum atomic E-state index is -1.47. The zero-order valence-electron chi connectivity index (χ0n) is 15.2. The molecule has 5 atom stereocenters. The van der Waals surface area contributed by atoms with Crippen molar-refractivity contribution in [2.75, 3.05) is 7.11 Å². The third-order valence-corrected chi connectivity index (χ3v) is 4.60. The summed E-state index contributed by atoms with van der Waals surface area (Å²) in [5.41, 5.74) is 0. The van der Waals surface area contributed by atoms with E-state index in [0.29, 0.717) is 12.3 Å². The molecule has 146 valence electrons. The van der Waals surface area contributed by atoms with Crippen molar-refractivity contribution in [2.45, 2.75) is 83.0 Å². The third kappa shape index (κ3) is 7.22. The van der Waals surface area contributed by atoms with Gasteiger partial charge in [-0.15, -0.1) is 12.6 Å². The van der Waals surface area contributed by atoms with Crippen LogP contribution in [0.4, 0.5) is 0 Å². The Hall–Kier alpha value is -0.670. The van der Waals surface area contributed by atoms with Gasteiger partial charge in [-0.05, 0) is 12.3 Å². The fourth-order valence-corrected chi connectivity index (χ4v) is 3.09. The first-order valence-electron chi connectivity index (χ1n) is 8.84. The van der Waals surface area contributed by atoms with Crippen molar-refractivity contribution in [3.63, 3.8) is 0 Å². The predicted molar refractivity (Wildman–Crippen MR) is 96.1 cm³/mol. The molecule has 25 heavy (non-hydrogen) atoms. The summed E-state index contributed by atoms with van der Waals surface area (Å²) >= 11 is 3.63. The van der Waals surface area contributed by atoms with Crippen LogP contribution in [-0.2, 0) is 19.1 Å². The number of aliphatic hydroxyl groups is 2. The molecule has 1 aliphatic rings. The van der Waals surface area contributed by atoms with Gasteiger partial charge in [0.1, 0.15) is 18.2 Å². The van der Waals surface area contributed by atoms with Crippen molar-refractivity contribution < 1.29 is 29.3 Å². The molecule has 0 aliphatic carbocycles. The summed E-state index contributed by atoms with van der Waals surface area (Å²) in [5, 5.41) is 22.1. The number of thiol groups is 1. The van der Waals surface area contributed by atoms with Gasteiger partial charge in [0.2, 0.25) is 11.0 Å². The van der Waals surface area contributed by atoms with Crippen molar-refractivity contribution in [2.24, 2.45) is 5.92 Å². The van der Waals surface area contributed by atoms with Gasteiger partial charge in [-0.2, -0.15) is 0 Å². The monoisotopic (exact) mass is 377 g/mol. The fraction of sp³-hybridized carbons (Fsp3) is 0.882. The van der Waals surface area contributed by atoms with Gasteiger partial charge >= 0.3 is 0 Å². The standard InChI is InChI=1S/C17H31NO6S/c1-10(2)8-6-4-5-7-9-11(19)18-12-13(20)14(21)15(16(22)25)24-17(12)23-3/h10,12-15,17,20-21H,4-9H2,1-3H3,(H,18,19)(H,22,25). The lowest BCUT2D eigenvalue weighted by Crippen LogP contribution is -2.65. The van der Waals surface area contributed by atoms with Gasteiger partial charge in [0.25, 0.3) is 0 Å². The smallest absolute Gasteiger partial charge is 0.220 e. The normalized spacial score (nSPS) is 29.6. The molecular formula is C17H31NO6S. The Morgan fingerprint density at radius 1 is 1.16 bits per heavy atom. The van der Waals surface area contributed by atoms with Gasteiger partial charge in [0.15, 0.2) is 12.4 Å². The van der Waals surface area contributed by atoms with Gasteiger partial charge in [0.05, 0.1) is 0 Å². The number of carbonyl (C=O) groups is 2. The van der Waals surface area contributed by atoms with E-state index >= 15 is 0 Å². The first kappa shape index (κ1) is 22.4. The summed E-state index contributed by atoms with van der Waals surface area (Å²) in [6, 6.07) is -0.947. The highest BCUT2D eigenvalue weighted by Gasteiger charge is 2.47. The van der Waals surface area contributed by atoms with Crippen LogP contribution in [0.1, 0.15) is 52.4 Å². The number of carbonyl (C=O) groups excluding carboxylic acids is 2. The lowest BCUT2D eigenvalue weighted by molar-refractivity contribution is -0.248. The molecule has 1 fully saturated rings. The molecule has 0 aromatic carbocycles. The van der Waals surface area contributed by atoms with Crippen LogP contribution < -0.4 is 5.32 Å². The third-order valence-electron chi connectivity index (χ3n) is 4.34. The van der Waals surface area contributed by atoms with Crippen LogP contribution in [0.5, 0.6) is 0 Å². The number of hydrogen-bond acceptors (Lipinski definition) is 6. The summed E-state index contributed by atoms with van der Waals surface area (Å²) in [4.78, 5) is 23.4. The first-order chi connectivity index (χ1) is 11.8. The van der Waals surface area contributed by atoms with Crippen LogP contribution in [0.25, 0.3) is 0 Å². The van der Waals surface area contributed by atoms with E-state index in [9.17, 15) is 19.8 Å². The molecule has 8 heteroatoms. The van der Waals surface area contributed by atoms with Crippen molar-refractivity contribution >= 4 is 23.7 Å². The summed E-state index contributed by atoms with van der Waals surface area (Å²) in [7, 11) is 1.34. The fourth-order valence-electron chi connectivity index (χ4n) is 2.87. The first-order valence-corrected chi connectivity index (χ1v) is 9.29. The van der Waals surface area contributed by atoms with Crippen LogP contribution in [-0.4, -0.2) is 59.0 Å². The van der Waals surface area contributed by atoms with Crippen molar-refractivity contribution in [1.82, 2.24) is 5.32 Å². The molecule has 1 amide bonds. The Bertz CT molecular complexity index is 431. The van der Waals surface area contributed by atoms with E-state index in [4.69, 9.17) is 9.47 Å². The predicted octanol–water partition coefficient (Wildman–Crippen LogP) is 1.02. The molecule has 1 saturated heterocycles. The highest BCUT2D eigenvalue weighted by molar-refractivity contribution is 7.96. The van der Waals surface area contributed by atoms with E-state index in [1.165, 1.54) is 13.5 Å². The van der Waals surface area contributed by atoms with Gasteiger partial charge < -0.3 is 25.0 Å². The molecule has 0 radical (unpaired) electrons. The Balaban J connectivity index is 2.42. The second-order valence-electron chi connectivity index (χ2n) is 6.92. The molecule has 5 unspecified atom stereocenters. The Labute approximate surface area is 154 Å². The van der Waals surface area contributed by atoms with E-state index in [2.05, 4.69) is 31.8 Å². The van der Waals surface area contributed by atoms with Gasteiger partial charge in [-0.3, -0.25) is 9.59 Å². The molecule has 0 spiro atoms. The summed E-state index contributed by atoms with van der Waals surface area (Å²) in [6.45, 7) is 4.38. The van der Waals surface area contributed by atoms with Crippen LogP contribution >= 0.6 is 12.6 Å². The van der Waals surface area contributed by atoms with Crippen LogP contribution in [0.2, 0.25) is 0 Å². The second-order valence-corrected chi connectivity index (χ2v) is 7.36.